The molecular weight excluding hydrogens is 645 g/mol. The lowest BCUT2D eigenvalue weighted by Crippen LogP contribution is -2.31. The lowest BCUT2D eigenvalue weighted by molar-refractivity contribution is 0.0597. The summed E-state index contributed by atoms with van der Waals surface area (Å²) in [7, 11) is 1.42. The quantitative estimate of drug-likeness (QED) is 0.176. The van der Waals surface area contributed by atoms with Crippen LogP contribution < -0.4 is 4.74 Å². The van der Waals surface area contributed by atoms with Crippen molar-refractivity contribution in [3.05, 3.63) is 117 Å². The van der Waals surface area contributed by atoms with E-state index in [9.17, 15) is 4.79 Å². The summed E-state index contributed by atoms with van der Waals surface area (Å²) >= 11 is 0. The number of hydrogen-bond donors (Lipinski definition) is 2. The molecule has 7 nitrogen and oxygen atoms in total. The van der Waals surface area contributed by atoms with E-state index in [1.165, 1.54) is 12.7 Å². The second-order valence-electron chi connectivity index (χ2n) is 16.5. The Kier molecular flexibility index (Phi) is 7.51. The van der Waals surface area contributed by atoms with E-state index in [0.717, 1.165) is 72.7 Å². The summed E-state index contributed by atoms with van der Waals surface area (Å²) in [4.78, 5) is 30.7. The van der Waals surface area contributed by atoms with E-state index in [-0.39, 0.29) is 10.8 Å². The molecule has 3 aliphatic rings. The summed E-state index contributed by atoms with van der Waals surface area (Å²) in [5.74, 6) is 0.814. The summed E-state index contributed by atoms with van der Waals surface area (Å²) < 4.78 is 12.5. The van der Waals surface area contributed by atoms with E-state index in [0.29, 0.717) is 17.1 Å². The fourth-order valence-corrected chi connectivity index (χ4v) is 7.56. The first-order valence-corrected chi connectivity index (χ1v) is 17.8. The highest BCUT2D eigenvalue weighted by atomic mass is 16.5. The molecule has 52 heavy (non-hydrogen) atoms. The number of carbonyl (C=O) groups excluding carboxylic acids is 1. The molecule has 0 spiro atoms. The van der Waals surface area contributed by atoms with E-state index in [1.807, 2.05) is 48.6 Å². The SMILES string of the molecule is COC(=O)c1cc(C(C)(C)C)cc2c1Oc1c(-c3c4nc(cc5ccc(cc6nc(cc7ccc3[nH]7)C=C6)[nH]5)C=C4)ccc(C(C)(C)C)c1C2(C)C. The lowest BCUT2D eigenvalue weighted by Gasteiger charge is -2.41. The first-order chi connectivity index (χ1) is 24.6. The number of methoxy groups -OCH3 is 1. The molecule has 2 N–H and O–H groups in total. The standard InChI is InChI=1S/C45H44N4O3/c1-43(2,3)25-20-33(42(50)51-9)40-35(21-25)45(7,8)39-34(44(4,5)6)17-16-32(41(39)52-40)38-36-18-14-30(48-36)23-28-12-10-26(46-28)22-27-11-13-29(47-27)24-31-15-19-37(38)49-31/h10-24,46,49H,1-9H3. The van der Waals surface area contributed by atoms with Gasteiger partial charge in [0.25, 0.3) is 0 Å². The number of esters is 1. The zero-order valence-electron chi connectivity index (χ0n) is 31.3. The van der Waals surface area contributed by atoms with E-state index in [1.54, 1.807) is 0 Å². The molecule has 7 heteroatoms. The maximum absolute atomic E-state index is 13.5. The van der Waals surface area contributed by atoms with Crippen molar-refractivity contribution < 1.29 is 14.3 Å². The molecule has 0 fully saturated rings. The maximum atomic E-state index is 13.5. The van der Waals surface area contributed by atoms with Gasteiger partial charge in [0, 0.05) is 49.7 Å². The molecule has 0 amide bonds. The molecule has 0 unspecified atom stereocenters. The van der Waals surface area contributed by atoms with Crippen LogP contribution >= 0.6 is 0 Å². The van der Waals surface area contributed by atoms with E-state index < -0.39 is 11.4 Å². The summed E-state index contributed by atoms with van der Waals surface area (Å²) in [5.41, 5.74) is 12.6. The van der Waals surface area contributed by atoms with Crippen LogP contribution in [0.2, 0.25) is 0 Å². The first kappa shape index (κ1) is 33.5. The highest BCUT2D eigenvalue weighted by molar-refractivity contribution is 5.97. The highest BCUT2D eigenvalue weighted by Gasteiger charge is 2.43. The second-order valence-corrected chi connectivity index (χ2v) is 16.5. The van der Waals surface area contributed by atoms with Gasteiger partial charge >= 0.3 is 5.97 Å². The largest absolute Gasteiger partial charge is 0.465 e. The van der Waals surface area contributed by atoms with Crippen molar-refractivity contribution in [2.24, 2.45) is 0 Å². The zero-order valence-corrected chi connectivity index (χ0v) is 31.3. The van der Waals surface area contributed by atoms with Crippen LogP contribution in [-0.2, 0) is 21.0 Å². The summed E-state index contributed by atoms with van der Waals surface area (Å²) in [6.45, 7) is 17.7. The molecule has 0 radical (unpaired) electrons. The van der Waals surface area contributed by atoms with Crippen molar-refractivity contribution in [2.45, 2.75) is 71.6 Å². The maximum Gasteiger partial charge on any atom is 0.341 e. The van der Waals surface area contributed by atoms with Crippen molar-refractivity contribution in [3.8, 4) is 22.6 Å². The Bertz CT molecular complexity index is 2550. The van der Waals surface area contributed by atoms with Gasteiger partial charge in [-0.05, 0) is 94.8 Å². The van der Waals surface area contributed by atoms with Gasteiger partial charge in [0.2, 0.25) is 0 Å². The van der Waals surface area contributed by atoms with Crippen molar-refractivity contribution in [1.82, 2.24) is 19.9 Å². The second kappa shape index (κ2) is 11.7. The van der Waals surface area contributed by atoms with Gasteiger partial charge in [0.1, 0.15) is 17.1 Å². The summed E-state index contributed by atoms with van der Waals surface area (Å²) in [5, 5.41) is 0. The van der Waals surface area contributed by atoms with Crippen molar-refractivity contribution in [2.75, 3.05) is 7.11 Å². The van der Waals surface area contributed by atoms with Crippen LogP contribution in [-0.4, -0.2) is 33.0 Å². The van der Waals surface area contributed by atoms with Gasteiger partial charge in [0.15, 0.2) is 0 Å². The van der Waals surface area contributed by atoms with Crippen LogP contribution in [0, 0.1) is 0 Å². The number of rotatable bonds is 2. The number of fused-ring (bicyclic) bond motifs is 10. The molecule has 0 saturated carbocycles. The van der Waals surface area contributed by atoms with Gasteiger partial charge in [-0.15, -0.1) is 0 Å². The minimum absolute atomic E-state index is 0.203. The summed E-state index contributed by atoms with van der Waals surface area (Å²) in [6.07, 6.45) is 8.14. The molecule has 2 aromatic carbocycles. The summed E-state index contributed by atoms with van der Waals surface area (Å²) in [6, 6.07) is 22.9. The predicted octanol–water partition coefficient (Wildman–Crippen LogP) is 11.1. The van der Waals surface area contributed by atoms with Crippen molar-refractivity contribution >= 4 is 52.3 Å². The van der Waals surface area contributed by atoms with E-state index in [2.05, 4.69) is 108 Å². The minimum Gasteiger partial charge on any atom is -0.465 e. The third-order valence-corrected chi connectivity index (χ3v) is 10.3. The average molecular weight is 689 g/mol. The number of benzene rings is 2. The molecular formula is C45H44N4O3. The fraction of sp³-hybridized carbons (Fsp3) is 0.267. The van der Waals surface area contributed by atoms with Gasteiger partial charge in [-0.1, -0.05) is 73.6 Å². The zero-order chi connectivity index (χ0) is 36.7. The number of carbonyl (C=O) groups is 1. The Hall–Kier alpha value is -5.69. The molecule has 5 aromatic rings. The van der Waals surface area contributed by atoms with Gasteiger partial charge in [-0.25, -0.2) is 14.8 Å². The Morgan fingerprint density at radius 3 is 1.96 bits per heavy atom. The van der Waals surface area contributed by atoms with Crippen molar-refractivity contribution in [3.63, 3.8) is 0 Å². The van der Waals surface area contributed by atoms with Crippen LogP contribution in [0.3, 0.4) is 0 Å². The number of H-pyrrole nitrogens is 2. The molecule has 8 rings (SSSR count). The normalized spacial score (nSPS) is 14.5. The van der Waals surface area contributed by atoms with Gasteiger partial charge in [-0.3, -0.25) is 0 Å². The number of aromatic amines is 2. The molecule has 0 aliphatic carbocycles. The molecule has 3 aromatic heterocycles. The first-order valence-electron chi connectivity index (χ1n) is 17.8. The van der Waals surface area contributed by atoms with Crippen LogP contribution in [0.1, 0.15) is 111 Å². The molecule has 0 saturated heterocycles. The number of nitrogens with zero attached hydrogens (tertiary/aromatic N) is 2. The van der Waals surface area contributed by atoms with Crippen LogP contribution in [0.15, 0.2) is 66.7 Å². The molecule has 6 heterocycles. The van der Waals surface area contributed by atoms with Gasteiger partial charge in [-0.2, -0.15) is 0 Å². The van der Waals surface area contributed by atoms with E-state index in [4.69, 9.17) is 19.4 Å². The van der Waals surface area contributed by atoms with E-state index >= 15 is 0 Å². The van der Waals surface area contributed by atoms with Crippen molar-refractivity contribution in [1.29, 1.82) is 0 Å². The van der Waals surface area contributed by atoms with Gasteiger partial charge in [0.05, 0.1) is 29.9 Å². The van der Waals surface area contributed by atoms with Crippen LogP contribution in [0.4, 0.5) is 0 Å². The third kappa shape index (κ3) is 5.65. The number of hydrogen-bond acceptors (Lipinski definition) is 5. The van der Waals surface area contributed by atoms with Crippen LogP contribution in [0.5, 0.6) is 11.5 Å². The Morgan fingerprint density at radius 1 is 0.712 bits per heavy atom. The Labute approximate surface area is 304 Å². The monoisotopic (exact) mass is 688 g/mol. The van der Waals surface area contributed by atoms with Crippen LogP contribution in [0.25, 0.3) is 57.5 Å². The predicted molar refractivity (Wildman–Crippen MR) is 212 cm³/mol. The smallest absolute Gasteiger partial charge is 0.341 e. The fourth-order valence-electron chi connectivity index (χ4n) is 7.56. The topological polar surface area (TPSA) is 92.9 Å². The Balaban J connectivity index is 1.47. The molecule has 3 aliphatic heterocycles. The lowest BCUT2D eigenvalue weighted by atomic mass is 9.67. The number of nitrogens with one attached hydrogen (secondary N) is 2. The highest BCUT2D eigenvalue weighted by Crippen LogP contribution is 2.56. The Morgan fingerprint density at radius 2 is 1.33 bits per heavy atom. The minimum atomic E-state index is -0.541. The average Bonchev–Trinajstić information content (AvgIpc) is 3.90. The van der Waals surface area contributed by atoms with Gasteiger partial charge < -0.3 is 19.4 Å². The third-order valence-electron chi connectivity index (χ3n) is 10.3. The molecule has 8 bridgehead atoms. The molecule has 0 atom stereocenters. The number of aromatic nitrogens is 4. The molecule has 262 valence electrons. The number of ether oxygens (including phenoxy) is 2.